The van der Waals surface area contributed by atoms with Gasteiger partial charge in [-0.05, 0) is 70.8 Å². The molecule has 0 saturated carbocycles. The molecule has 5 aromatic rings. The minimum absolute atomic E-state index is 0.0190. The first kappa shape index (κ1) is 30.0. The molecule has 0 atom stereocenters. The molecular weight excluding hydrogens is 556 g/mol. The van der Waals surface area contributed by atoms with Crippen molar-refractivity contribution in [1.82, 2.24) is 0 Å². The Labute approximate surface area is 255 Å². The van der Waals surface area contributed by atoms with Crippen molar-refractivity contribution in [2.45, 2.75) is 38.5 Å². The minimum atomic E-state index is -0.436. The molecule has 222 valence electrons. The summed E-state index contributed by atoms with van der Waals surface area (Å²) in [7, 11) is 0. The molecular formula is C36H32N2O6. The molecule has 0 fully saturated rings. The Kier molecular flexibility index (Phi) is 8.18. The Morgan fingerprint density at radius 3 is 1.05 bits per heavy atom. The van der Waals surface area contributed by atoms with Gasteiger partial charge < -0.3 is 9.47 Å². The summed E-state index contributed by atoms with van der Waals surface area (Å²) in [5, 5.41) is 21.8. The van der Waals surface area contributed by atoms with Crippen LogP contribution in [0.15, 0.2) is 121 Å². The van der Waals surface area contributed by atoms with E-state index in [-0.39, 0.29) is 22.2 Å². The molecule has 0 amide bonds. The maximum atomic E-state index is 10.9. The Bertz CT molecular complexity index is 1650. The third-order valence-electron chi connectivity index (χ3n) is 8.02. The summed E-state index contributed by atoms with van der Waals surface area (Å²) in [5.74, 6) is 2.36. The maximum absolute atomic E-state index is 10.9. The van der Waals surface area contributed by atoms with Crippen LogP contribution in [0.2, 0.25) is 0 Å². The molecule has 8 nitrogen and oxygen atoms in total. The van der Waals surface area contributed by atoms with Crippen LogP contribution < -0.4 is 9.47 Å². The topological polar surface area (TPSA) is 105 Å². The van der Waals surface area contributed by atoms with E-state index < -0.39 is 9.85 Å². The number of nitro benzene ring substituents is 2. The molecule has 0 unspecified atom stereocenters. The van der Waals surface area contributed by atoms with Gasteiger partial charge in [-0.1, -0.05) is 76.2 Å². The van der Waals surface area contributed by atoms with Crippen LogP contribution in [-0.2, 0) is 10.8 Å². The van der Waals surface area contributed by atoms with E-state index in [1.807, 2.05) is 48.5 Å². The SMILES string of the molecule is CC(C)(c1ccc(Oc2ccc([N+](=O)[O-])cc2)cc1)c1cccc(C(C)(C)c2ccc(Oc3ccc([N+](=O)[O-])cc3)cc2)c1. The van der Waals surface area contributed by atoms with Gasteiger partial charge in [0.2, 0.25) is 0 Å². The average molecular weight is 589 g/mol. The number of benzene rings is 5. The molecule has 0 spiro atoms. The minimum Gasteiger partial charge on any atom is -0.457 e. The fraction of sp³-hybridized carbons (Fsp3) is 0.167. The maximum Gasteiger partial charge on any atom is 0.269 e. The van der Waals surface area contributed by atoms with Crippen molar-refractivity contribution in [2.75, 3.05) is 0 Å². The second-order valence-electron chi connectivity index (χ2n) is 11.6. The highest BCUT2D eigenvalue weighted by atomic mass is 16.6. The van der Waals surface area contributed by atoms with Crippen molar-refractivity contribution in [1.29, 1.82) is 0 Å². The lowest BCUT2D eigenvalue weighted by Crippen LogP contribution is -2.22. The highest BCUT2D eigenvalue weighted by Gasteiger charge is 2.28. The van der Waals surface area contributed by atoms with Crippen molar-refractivity contribution < 1.29 is 19.3 Å². The quantitative estimate of drug-likeness (QED) is 0.119. The molecule has 0 aliphatic rings. The molecule has 0 aromatic heterocycles. The van der Waals surface area contributed by atoms with E-state index in [0.717, 1.165) is 11.1 Å². The van der Waals surface area contributed by atoms with E-state index >= 15 is 0 Å². The van der Waals surface area contributed by atoms with Gasteiger partial charge in [0, 0.05) is 35.1 Å². The Morgan fingerprint density at radius 2 is 0.750 bits per heavy atom. The van der Waals surface area contributed by atoms with Gasteiger partial charge in [-0.15, -0.1) is 0 Å². The molecule has 0 N–H and O–H groups in total. The first-order valence-electron chi connectivity index (χ1n) is 14.1. The number of nitro groups is 2. The van der Waals surface area contributed by atoms with Gasteiger partial charge in [0.05, 0.1) is 9.85 Å². The zero-order valence-electron chi connectivity index (χ0n) is 24.9. The molecule has 0 bridgehead atoms. The number of hydrogen-bond donors (Lipinski definition) is 0. The third kappa shape index (κ3) is 6.44. The molecule has 5 aromatic carbocycles. The first-order valence-corrected chi connectivity index (χ1v) is 14.1. The summed E-state index contributed by atoms with van der Waals surface area (Å²) >= 11 is 0. The van der Waals surface area contributed by atoms with Crippen molar-refractivity contribution in [3.63, 3.8) is 0 Å². The molecule has 0 saturated heterocycles. The molecule has 0 aliphatic heterocycles. The zero-order valence-corrected chi connectivity index (χ0v) is 24.9. The van der Waals surface area contributed by atoms with Gasteiger partial charge in [0.1, 0.15) is 23.0 Å². The van der Waals surface area contributed by atoms with Gasteiger partial charge in [-0.3, -0.25) is 20.2 Å². The van der Waals surface area contributed by atoms with Crippen molar-refractivity contribution >= 4 is 11.4 Å². The smallest absolute Gasteiger partial charge is 0.269 e. The summed E-state index contributed by atoms with van der Waals surface area (Å²) in [6, 6.07) is 36.5. The predicted molar refractivity (Wildman–Crippen MR) is 170 cm³/mol. The summed E-state index contributed by atoms with van der Waals surface area (Å²) < 4.78 is 11.8. The van der Waals surface area contributed by atoms with Crippen LogP contribution in [-0.4, -0.2) is 9.85 Å². The Balaban J connectivity index is 1.30. The molecule has 0 heterocycles. The second kappa shape index (κ2) is 12.0. The van der Waals surface area contributed by atoms with Gasteiger partial charge in [-0.2, -0.15) is 0 Å². The normalized spacial score (nSPS) is 11.5. The average Bonchev–Trinajstić information content (AvgIpc) is 3.02. The lowest BCUT2D eigenvalue weighted by Gasteiger charge is -2.31. The van der Waals surface area contributed by atoms with Crippen molar-refractivity contribution in [3.8, 4) is 23.0 Å². The van der Waals surface area contributed by atoms with E-state index in [2.05, 4.69) is 52.0 Å². The van der Waals surface area contributed by atoms with Gasteiger partial charge >= 0.3 is 0 Å². The van der Waals surface area contributed by atoms with Crippen LogP contribution in [0.4, 0.5) is 11.4 Å². The summed E-state index contributed by atoms with van der Waals surface area (Å²) in [5.41, 5.74) is 4.04. The fourth-order valence-electron chi connectivity index (χ4n) is 5.05. The molecule has 8 heteroatoms. The zero-order chi connectivity index (χ0) is 31.5. The van der Waals surface area contributed by atoms with Crippen LogP contribution in [0.1, 0.15) is 49.9 Å². The van der Waals surface area contributed by atoms with Gasteiger partial charge in [-0.25, -0.2) is 0 Å². The predicted octanol–water partition coefficient (Wildman–Crippen LogP) is 9.74. The van der Waals surface area contributed by atoms with Crippen LogP contribution in [0.5, 0.6) is 23.0 Å². The first-order chi connectivity index (χ1) is 20.9. The lowest BCUT2D eigenvalue weighted by molar-refractivity contribution is -0.385. The fourth-order valence-corrected chi connectivity index (χ4v) is 5.05. The highest BCUT2D eigenvalue weighted by Crippen LogP contribution is 2.38. The van der Waals surface area contributed by atoms with E-state index in [1.54, 1.807) is 24.3 Å². The monoisotopic (exact) mass is 588 g/mol. The Morgan fingerprint density at radius 1 is 0.455 bits per heavy atom. The number of ether oxygens (including phenoxy) is 2. The third-order valence-corrected chi connectivity index (χ3v) is 8.02. The van der Waals surface area contributed by atoms with Gasteiger partial charge in [0.15, 0.2) is 0 Å². The standard InChI is InChI=1S/C36H32N2O6/c1-35(2,25-8-16-31(17-9-25)43-33-20-12-29(13-21-33)37(39)40)27-6-5-7-28(24-27)36(3,4)26-10-18-32(19-11-26)44-34-22-14-30(15-23-34)38(41)42/h5-24H,1-4H3. The number of nitrogens with zero attached hydrogens (tertiary/aromatic N) is 2. The molecule has 5 rings (SSSR count). The molecule has 44 heavy (non-hydrogen) atoms. The molecule has 0 aliphatic carbocycles. The van der Waals surface area contributed by atoms with Crippen molar-refractivity contribution in [3.05, 3.63) is 164 Å². The van der Waals surface area contributed by atoms with Crippen LogP contribution in [0, 0.1) is 20.2 Å². The van der Waals surface area contributed by atoms with E-state index in [1.165, 1.54) is 35.4 Å². The van der Waals surface area contributed by atoms with Crippen molar-refractivity contribution in [2.24, 2.45) is 0 Å². The van der Waals surface area contributed by atoms with Crippen LogP contribution in [0.3, 0.4) is 0 Å². The van der Waals surface area contributed by atoms with Gasteiger partial charge in [0.25, 0.3) is 11.4 Å². The largest absolute Gasteiger partial charge is 0.457 e. The number of rotatable bonds is 10. The van der Waals surface area contributed by atoms with E-state index in [4.69, 9.17) is 9.47 Å². The number of hydrogen-bond acceptors (Lipinski definition) is 6. The molecule has 0 radical (unpaired) electrons. The van der Waals surface area contributed by atoms with E-state index in [9.17, 15) is 20.2 Å². The van der Waals surface area contributed by atoms with Crippen LogP contribution >= 0.6 is 0 Å². The lowest BCUT2D eigenvalue weighted by atomic mass is 9.73. The summed E-state index contributed by atoms with van der Waals surface area (Å²) in [6.07, 6.45) is 0. The Hall–Kier alpha value is -5.50. The van der Waals surface area contributed by atoms with E-state index in [0.29, 0.717) is 23.0 Å². The number of non-ortho nitro benzene ring substituents is 2. The highest BCUT2D eigenvalue weighted by molar-refractivity contribution is 5.47. The second-order valence-corrected chi connectivity index (χ2v) is 11.6. The van der Waals surface area contributed by atoms with Crippen LogP contribution in [0.25, 0.3) is 0 Å². The summed E-state index contributed by atoms with van der Waals surface area (Å²) in [4.78, 5) is 20.9. The summed E-state index contributed by atoms with van der Waals surface area (Å²) in [6.45, 7) is 8.76.